The number of nitrogens with zero attached hydrogens (tertiary/aromatic N) is 5. The number of likely N-dealkylation sites (tertiary alicyclic amines) is 1. The maximum atomic E-state index is 13.6. The molecule has 1 saturated heterocycles. The number of halogens is 3. The zero-order valence-electron chi connectivity index (χ0n) is 21.6. The number of amides is 2. The van der Waals surface area contributed by atoms with Crippen molar-refractivity contribution in [3.8, 4) is 5.75 Å². The lowest BCUT2D eigenvalue weighted by molar-refractivity contribution is -0.141. The molecule has 3 heterocycles. The van der Waals surface area contributed by atoms with Gasteiger partial charge in [0.2, 0.25) is 0 Å². The number of carbonyl (C=O) groups is 2. The lowest BCUT2D eigenvalue weighted by Gasteiger charge is -2.39. The number of aryl methyl sites for hydroxylation is 2. The number of nitrogens with one attached hydrogen (secondary N) is 1. The summed E-state index contributed by atoms with van der Waals surface area (Å²) in [6, 6.07) is 13.2. The number of alkyl halides is 3. The van der Waals surface area contributed by atoms with E-state index in [2.05, 4.69) is 15.4 Å². The van der Waals surface area contributed by atoms with Gasteiger partial charge in [-0.2, -0.15) is 18.3 Å². The van der Waals surface area contributed by atoms with Gasteiger partial charge < -0.3 is 19.5 Å². The van der Waals surface area contributed by atoms with Gasteiger partial charge in [-0.3, -0.25) is 14.3 Å². The quantitative estimate of drug-likeness (QED) is 0.416. The molecular weight excluding hydrogens is 513 g/mol. The van der Waals surface area contributed by atoms with Crippen LogP contribution in [0.3, 0.4) is 0 Å². The van der Waals surface area contributed by atoms with Crippen molar-refractivity contribution >= 4 is 22.8 Å². The maximum Gasteiger partial charge on any atom is 0.435 e. The second-order valence-corrected chi connectivity index (χ2v) is 9.57. The molecule has 0 radical (unpaired) electrons. The van der Waals surface area contributed by atoms with Gasteiger partial charge in [0.1, 0.15) is 17.0 Å². The highest BCUT2D eigenvalue weighted by Gasteiger charge is 2.37. The normalized spacial score (nSPS) is 17.8. The number of carbonyl (C=O) groups excluding carboxylic acids is 2. The molecule has 2 aromatic carbocycles. The summed E-state index contributed by atoms with van der Waals surface area (Å²) in [4.78, 5) is 32.8. The highest BCUT2D eigenvalue weighted by Crippen LogP contribution is 2.32. The molecule has 39 heavy (non-hydrogen) atoms. The Kier molecular flexibility index (Phi) is 6.79. The number of hydrogen-bond acceptors (Lipinski definition) is 5. The molecule has 2 atom stereocenters. The summed E-state index contributed by atoms with van der Waals surface area (Å²) >= 11 is 0. The summed E-state index contributed by atoms with van der Waals surface area (Å²) in [6.45, 7) is 0.650. The van der Waals surface area contributed by atoms with Crippen LogP contribution in [0.15, 0.2) is 54.9 Å². The predicted octanol–water partition coefficient (Wildman–Crippen LogP) is 3.76. The van der Waals surface area contributed by atoms with Gasteiger partial charge in [-0.15, -0.1) is 0 Å². The van der Waals surface area contributed by atoms with Crippen LogP contribution in [0.1, 0.15) is 44.4 Å². The number of benzene rings is 2. The fraction of sp³-hybridized carbons (Fsp3) is 0.333. The Morgan fingerprint density at radius 1 is 1.10 bits per heavy atom. The van der Waals surface area contributed by atoms with Gasteiger partial charge >= 0.3 is 6.18 Å². The van der Waals surface area contributed by atoms with Crippen molar-refractivity contribution < 1.29 is 27.5 Å². The molecule has 0 saturated carbocycles. The smallest absolute Gasteiger partial charge is 0.435 e. The van der Waals surface area contributed by atoms with Crippen molar-refractivity contribution in [2.45, 2.75) is 24.6 Å². The highest BCUT2D eigenvalue weighted by molar-refractivity contribution is 5.99. The standard InChI is InChI=1S/C27H27F3N6O3/c1-34-15-31-24-20(34)11-17(12-22(24)39-3)26(38)36-10-9-19(18(14-36)16-7-5-4-6-8-16)32-25(37)21-13-23(27(28,29)30)33-35(21)2/h4-8,11-13,15,18-19H,9-10,14H2,1-3H3,(H,32,37)/t18-,19-/m1/s1. The third-order valence-corrected chi connectivity index (χ3v) is 7.11. The number of fused-ring (bicyclic) bond motifs is 1. The molecule has 2 aromatic heterocycles. The Labute approximate surface area is 222 Å². The van der Waals surface area contributed by atoms with E-state index in [0.717, 1.165) is 21.8 Å². The molecule has 0 spiro atoms. The summed E-state index contributed by atoms with van der Waals surface area (Å²) in [7, 11) is 4.66. The van der Waals surface area contributed by atoms with Gasteiger partial charge in [0, 0.05) is 50.8 Å². The van der Waals surface area contributed by atoms with Crippen LogP contribution in [0.5, 0.6) is 5.75 Å². The van der Waals surface area contributed by atoms with E-state index in [1.165, 1.54) is 14.2 Å². The van der Waals surface area contributed by atoms with Crippen LogP contribution in [0.4, 0.5) is 13.2 Å². The van der Waals surface area contributed by atoms with Crippen LogP contribution in [-0.4, -0.2) is 62.3 Å². The largest absolute Gasteiger partial charge is 0.494 e. The van der Waals surface area contributed by atoms with Crippen molar-refractivity contribution in [1.29, 1.82) is 0 Å². The SMILES string of the molecule is COc1cc(C(=O)N2CC[C@@H](NC(=O)c3cc(C(F)(F)F)nn3C)[C@@H](c3ccccc3)C2)cc2c1ncn2C. The second kappa shape index (κ2) is 10.1. The molecule has 5 rings (SSSR count). The maximum absolute atomic E-state index is 13.6. The van der Waals surface area contributed by atoms with Crippen LogP contribution >= 0.6 is 0 Å². The monoisotopic (exact) mass is 540 g/mol. The molecule has 12 heteroatoms. The van der Waals surface area contributed by atoms with E-state index >= 15 is 0 Å². The first-order valence-corrected chi connectivity index (χ1v) is 12.3. The Bertz CT molecular complexity index is 1530. The van der Waals surface area contributed by atoms with Crippen LogP contribution in [0, 0.1) is 0 Å². The summed E-state index contributed by atoms with van der Waals surface area (Å²) < 4.78 is 47.6. The van der Waals surface area contributed by atoms with Crippen LogP contribution in [0.25, 0.3) is 11.0 Å². The van der Waals surface area contributed by atoms with Gasteiger partial charge in [-0.05, 0) is 24.1 Å². The molecule has 204 valence electrons. The van der Waals surface area contributed by atoms with Gasteiger partial charge in [-0.1, -0.05) is 30.3 Å². The Morgan fingerprint density at radius 2 is 1.85 bits per heavy atom. The first-order valence-electron chi connectivity index (χ1n) is 12.3. The fourth-order valence-corrected chi connectivity index (χ4v) is 5.07. The molecule has 0 bridgehead atoms. The van der Waals surface area contributed by atoms with E-state index in [9.17, 15) is 22.8 Å². The summed E-state index contributed by atoms with van der Waals surface area (Å²) in [5.41, 5.74) is 1.45. The fourth-order valence-electron chi connectivity index (χ4n) is 5.07. The lowest BCUT2D eigenvalue weighted by Crippen LogP contribution is -2.51. The molecule has 1 aliphatic heterocycles. The molecule has 9 nitrogen and oxygen atoms in total. The van der Waals surface area contributed by atoms with Crippen molar-refractivity contribution in [3.63, 3.8) is 0 Å². The molecule has 0 unspecified atom stereocenters. The van der Waals surface area contributed by atoms with E-state index in [0.29, 0.717) is 36.3 Å². The summed E-state index contributed by atoms with van der Waals surface area (Å²) in [5.74, 6) is -0.640. The minimum atomic E-state index is -4.66. The van der Waals surface area contributed by atoms with Crippen LogP contribution < -0.4 is 10.1 Å². The van der Waals surface area contributed by atoms with Crippen molar-refractivity contribution in [3.05, 3.63) is 77.4 Å². The first kappa shape index (κ1) is 26.3. The van der Waals surface area contributed by atoms with Crippen molar-refractivity contribution in [2.24, 2.45) is 14.1 Å². The minimum absolute atomic E-state index is 0.191. The van der Waals surface area contributed by atoms with E-state index in [4.69, 9.17) is 4.74 Å². The van der Waals surface area contributed by atoms with Crippen LogP contribution in [-0.2, 0) is 20.3 Å². The zero-order chi connectivity index (χ0) is 27.9. The lowest BCUT2D eigenvalue weighted by atomic mass is 9.85. The van der Waals surface area contributed by atoms with E-state index < -0.39 is 23.8 Å². The molecule has 0 aliphatic carbocycles. The molecule has 2 amide bonds. The van der Waals surface area contributed by atoms with Gasteiger partial charge in [0.15, 0.2) is 5.69 Å². The Hall–Kier alpha value is -4.35. The summed E-state index contributed by atoms with van der Waals surface area (Å²) in [6.07, 6.45) is -2.59. The number of hydrogen-bond donors (Lipinski definition) is 1. The first-order chi connectivity index (χ1) is 18.6. The Morgan fingerprint density at radius 3 is 2.51 bits per heavy atom. The van der Waals surface area contributed by atoms with Gasteiger partial charge in [-0.25, -0.2) is 4.98 Å². The topological polar surface area (TPSA) is 94.3 Å². The molecular formula is C27H27F3N6O3. The third-order valence-electron chi connectivity index (χ3n) is 7.11. The van der Waals surface area contributed by atoms with Crippen molar-refractivity contribution in [1.82, 2.24) is 29.5 Å². The number of piperidine rings is 1. The predicted molar refractivity (Wildman–Crippen MR) is 136 cm³/mol. The average molecular weight is 541 g/mol. The molecule has 1 N–H and O–H groups in total. The molecule has 1 fully saturated rings. The third kappa shape index (κ3) is 5.06. The van der Waals surface area contributed by atoms with Crippen LogP contribution in [0.2, 0.25) is 0 Å². The highest BCUT2D eigenvalue weighted by atomic mass is 19.4. The van der Waals surface area contributed by atoms with E-state index in [1.807, 2.05) is 41.9 Å². The number of aromatic nitrogens is 4. The Balaban J connectivity index is 1.41. The summed E-state index contributed by atoms with van der Waals surface area (Å²) in [5, 5.41) is 6.34. The number of imidazole rings is 1. The number of rotatable bonds is 5. The zero-order valence-corrected chi connectivity index (χ0v) is 21.6. The van der Waals surface area contributed by atoms with Crippen molar-refractivity contribution in [2.75, 3.05) is 20.2 Å². The molecule has 1 aliphatic rings. The van der Waals surface area contributed by atoms with E-state index in [1.54, 1.807) is 23.4 Å². The molecule has 4 aromatic rings. The minimum Gasteiger partial charge on any atom is -0.494 e. The second-order valence-electron chi connectivity index (χ2n) is 9.57. The number of methoxy groups -OCH3 is 1. The number of ether oxygens (including phenoxy) is 1. The average Bonchev–Trinajstić information content (AvgIpc) is 3.51. The van der Waals surface area contributed by atoms with E-state index in [-0.39, 0.29) is 17.5 Å². The van der Waals surface area contributed by atoms with Gasteiger partial charge in [0.25, 0.3) is 11.8 Å². The van der Waals surface area contributed by atoms with Gasteiger partial charge in [0.05, 0.1) is 19.0 Å².